The van der Waals surface area contributed by atoms with Crippen LogP contribution in [0.2, 0.25) is 0 Å². The van der Waals surface area contributed by atoms with Crippen LogP contribution in [0.1, 0.15) is 33.1 Å². The monoisotopic (exact) mass is 406 g/mol. The Morgan fingerprint density at radius 2 is 2.11 bits per heavy atom. The summed E-state index contributed by atoms with van der Waals surface area (Å²) in [6.45, 7) is 4.51. The van der Waals surface area contributed by atoms with Gasteiger partial charge in [0.1, 0.15) is 5.75 Å². The molecule has 1 aromatic heterocycles. The van der Waals surface area contributed by atoms with Crippen molar-refractivity contribution in [2.24, 2.45) is 11.8 Å². The average Bonchev–Trinajstić information content (AvgIpc) is 3.12. The van der Waals surface area contributed by atoms with E-state index in [0.29, 0.717) is 28.8 Å². The molecule has 1 aliphatic carbocycles. The molecule has 0 radical (unpaired) electrons. The van der Waals surface area contributed by atoms with Gasteiger partial charge in [-0.25, -0.2) is 0 Å². The maximum Gasteiger partial charge on any atom is 0.230 e. The number of thioether (sulfide) groups is 1. The molecule has 1 aromatic carbocycles. The molecule has 2 N–H and O–H groups in total. The van der Waals surface area contributed by atoms with Gasteiger partial charge in [0, 0.05) is 6.04 Å². The van der Waals surface area contributed by atoms with Crippen LogP contribution in [0.5, 0.6) is 5.75 Å². The van der Waals surface area contributed by atoms with Crippen molar-refractivity contribution >= 4 is 39.8 Å². The van der Waals surface area contributed by atoms with E-state index in [2.05, 4.69) is 34.7 Å². The molecule has 0 bridgehead atoms. The summed E-state index contributed by atoms with van der Waals surface area (Å²) in [6, 6.07) is 7.94. The van der Waals surface area contributed by atoms with Crippen molar-refractivity contribution in [3.05, 3.63) is 24.3 Å². The highest BCUT2D eigenvalue weighted by Crippen LogP contribution is 2.32. The second kappa shape index (κ2) is 9.41. The van der Waals surface area contributed by atoms with Gasteiger partial charge in [-0.05, 0) is 30.4 Å². The topological polar surface area (TPSA) is 76.1 Å². The predicted octanol–water partition coefficient (Wildman–Crippen LogP) is 4.32. The van der Waals surface area contributed by atoms with E-state index in [-0.39, 0.29) is 5.91 Å². The summed E-state index contributed by atoms with van der Waals surface area (Å²) in [6.07, 6.45) is 3.53. The number of hydrogen-bond donors (Lipinski definition) is 2. The van der Waals surface area contributed by atoms with Crippen molar-refractivity contribution in [3.8, 4) is 5.75 Å². The maximum atomic E-state index is 12.3. The summed E-state index contributed by atoms with van der Waals surface area (Å²) in [5.41, 5.74) is 0.839. The highest BCUT2D eigenvalue weighted by atomic mass is 32.2. The van der Waals surface area contributed by atoms with Gasteiger partial charge in [-0.3, -0.25) is 4.79 Å². The SMILES string of the molecule is COc1ccccc1Nc1nnc(SCC(=O)N[C@@H]2CCC[C@H](C)[C@H]2C)s1. The van der Waals surface area contributed by atoms with Crippen molar-refractivity contribution in [1.82, 2.24) is 15.5 Å². The summed E-state index contributed by atoms with van der Waals surface area (Å²) >= 11 is 2.85. The van der Waals surface area contributed by atoms with Crippen LogP contribution in [0, 0.1) is 11.8 Å². The number of carbonyl (C=O) groups excluding carboxylic acids is 1. The third kappa shape index (κ3) is 5.35. The van der Waals surface area contributed by atoms with E-state index in [9.17, 15) is 4.79 Å². The minimum atomic E-state index is 0.0698. The third-order valence-corrected chi connectivity index (χ3v) is 7.11. The van der Waals surface area contributed by atoms with Gasteiger partial charge < -0.3 is 15.4 Å². The van der Waals surface area contributed by atoms with E-state index in [0.717, 1.165) is 22.2 Å². The van der Waals surface area contributed by atoms with E-state index in [1.54, 1.807) is 7.11 Å². The summed E-state index contributed by atoms with van der Waals surface area (Å²) in [4.78, 5) is 12.3. The fourth-order valence-electron chi connectivity index (χ4n) is 3.34. The number of aromatic nitrogens is 2. The Bertz CT molecular complexity index is 768. The zero-order valence-corrected chi connectivity index (χ0v) is 17.5. The third-order valence-electron chi connectivity index (χ3n) is 5.13. The second-order valence-electron chi connectivity index (χ2n) is 6.93. The first-order valence-electron chi connectivity index (χ1n) is 9.22. The number of hydrogen-bond acceptors (Lipinski definition) is 7. The minimum Gasteiger partial charge on any atom is -0.495 e. The van der Waals surface area contributed by atoms with E-state index in [4.69, 9.17) is 4.74 Å². The first-order valence-corrected chi connectivity index (χ1v) is 11.0. The van der Waals surface area contributed by atoms with Crippen LogP contribution in [0.3, 0.4) is 0 Å². The first-order chi connectivity index (χ1) is 13.1. The Hall–Kier alpha value is -1.80. The molecule has 0 saturated heterocycles. The fraction of sp³-hybridized carbons (Fsp3) is 0.526. The fourth-order valence-corrected chi connectivity index (χ4v) is 4.92. The molecule has 1 heterocycles. The van der Waals surface area contributed by atoms with Crippen molar-refractivity contribution in [2.45, 2.75) is 43.5 Å². The smallest absolute Gasteiger partial charge is 0.230 e. The zero-order valence-electron chi connectivity index (χ0n) is 15.9. The molecule has 2 aromatic rings. The lowest BCUT2D eigenvalue weighted by molar-refractivity contribution is -0.119. The first kappa shape index (κ1) is 19.9. The summed E-state index contributed by atoms with van der Waals surface area (Å²) in [5.74, 6) is 2.38. The number of anilines is 2. The van der Waals surface area contributed by atoms with E-state index in [1.165, 1.54) is 35.9 Å². The molecule has 6 nitrogen and oxygen atoms in total. The molecule has 0 unspecified atom stereocenters. The minimum absolute atomic E-state index is 0.0698. The van der Waals surface area contributed by atoms with Crippen LogP contribution < -0.4 is 15.4 Å². The summed E-state index contributed by atoms with van der Waals surface area (Å²) in [7, 11) is 1.63. The van der Waals surface area contributed by atoms with Crippen molar-refractivity contribution in [3.63, 3.8) is 0 Å². The number of rotatable bonds is 7. The molecular weight excluding hydrogens is 380 g/mol. The summed E-state index contributed by atoms with van der Waals surface area (Å²) in [5, 5.41) is 15.4. The van der Waals surface area contributed by atoms with Gasteiger partial charge in [0.2, 0.25) is 11.0 Å². The average molecular weight is 407 g/mol. The van der Waals surface area contributed by atoms with E-state index in [1.807, 2.05) is 24.3 Å². The van der Waals surface area contributed by atoms with Crippen LogP contribution >= 0.6 is 23.1 Å². The Balaban J connectivity index is 1.50. The molecule has 1 saturated carbocycles. The number of methoxy groups -OCH3 is 1. The molecule has 27 heavy (non-hydrogen) atoms. The van der Waals surface area contributed by atoms with Crippen molar-refractivity contribution in [1.29, 1.82) is 0 Å². The summed E-state index contributed by atoms with van der Waals surface area (Å²) < 4.78 is 6.10. The molecule has 3 rings (SSSR count). The van der Waals surface area contributed by atoms with Crippen LogP contribution in [0.25, 0.3) is 0 Å². The number of benzene rings is 1. The number of nitrogens with zero attached hydrogens (tertiary/aromatic N) is 2. The maximum absolute atomic E-state index is 12.3. The van der Waals surface area contributed by atoms with Gasteiger partial charge >= 0.3 is 0 Å². The second-order valence-corrected chi connectivity index (χ2v) is 9.13. The lowest BCUT2D eigenvalue weighted by atomic mass is 9.78. The van der Waals surface area contributed by atoms with E-state index < -0.39 is 0 Å². The molecule has 1 amide bonds. The van der Waals surface area contributed by atoms with Crippen LogP contribution in [0.15, 0.2) is 28.6 Å². The normalized spacial score (nSPS) is 22.3. The zero-order chi connectivity index (χ0) is 19.2. The lowest BCUT2D eigenvalue weighted by Gasteiger charge is -2.34. The molecular formula is C19H26N4O2S2. The van der Waals surface area contributed by atoms with Gasteiger partial charge in [0.15, 0.2) is 4.34 Å². The molecule has 3 atom stereocenters. The Morgan fingerprint density at radius 3 is 2.93 bits per heavy atom. The Morgan fingerprint density at radius 1 is 1.30 bits per heavy atom. The largest absolute Gasteiger partial charge is 0.495 e. The van der Waals surface area contributed by atoms with E-state index >= 15 is 0 Å². The number of amides is 1. The lowest BCUT2D eigenvalue weighted by Crippen LogP contribution is -2.44. The molecule has 0 spiro atoms. The number of carbonyl (C=O) groups is 1. The van der Waals surface area contributed by atoms with Gasteiger partial charge in [-0.15, -0.1) is 10.2 Å². The van der Waals surface area contributed by atoms with Gasteiger partial charge in [0.25, 0.3) is 0 Å². The van der Waals surface area contributed by atoms with Crippen molar-refractivity contribution < 1.29 is 9.53 Å². The van der Waals surface area contributed by atoms with Gasteiger partial charge in [0.05, 0.1) is 18.6 Å². The quantitative estimate of drug-likeness (QED) is 0.667. The number of ether oxygens (including phenoxy) is 1. The van der Waals surface area contributed by atoms with Gasteiger partial charge in [-0.2, -0.15) is 0 Å². The van der Waals surface area contributed by atoms with Crippen LogP contribution in [0.4, 0.5) is 10.8 Å². The molecule has 1 aliphatic rings. The number of para-hydroxylation sites is 2. The molecule has 1 fully saturated rings. The number of nitrogens with one attached hydrogen (secondary N) is 2. The predicted molar refractivity (Wildman–Crippen MR) is 111 cm³/mol. The Labute approximate surface area is 168 Å². The highest BCUT2D eigenvalue weighted by Gasteiger charge is 2.28. The highest BCUT2D eigenvalue weighted by molar-refractivity contribution is 8.01. The molecule has 0 aliphatic heterocycles. The Kier molecular flexibility index (Phi) is 6.95. The van der Waals surface area contributed by atoms with Crippen LogP contribution in [-0.2, 0) is 4.79 Å². The van der Waals surface area contributed by atoms with Gasteiger partial charge in [-0.1, -0.05) is 61.9 Å². The molecule has 146 valence electrons. The van der Waals surface area contributed by atoms with Crippen molar-refractivity contribution in [2.75, 3.05) is 18.2 Å². The molecule has 8 heteroatoms. The van der Waals surface area contributed by atoms with Crippen LogP contribution in [-0.4, -0.2) is 35.0 Å². The standard InChI is InChI=1S/C19H26N4O2S2/c1-12-7-6-9-14(13(12)2)20-17(24)11-26-19-23-22-18(27-19)21-15-8-4-5-10-16(15)25-3/h4-5,8,10,12-14H,6-7,9,11H2,1-3H3,(H,20,24)(H,21,22)/t12-,13+,14+/m0/s1.